The monoisotopic (exact) mass is 185 g/mol. The fourth-order valence-electron chi connectivity index (χ4n) is 1.61. The van der Waals surface area contributed by atoms with Gasteiger partial charge in [-0.3, -0.25) is 9.69 Å². The molecule has 0 aromatic rings. The van der Waals surface area contributed by atoms with E-state index in [1.54, 1.807) is 0 Å². The van der Waals surface area contributed by atoms with E-state index in [-0.39, 0.29) is 5.97 Å². The van der Waals surface area contributed by atoms with Gasteiger partial charge in [0.1, 0.15) is 0 Å². The molecule has 76 valence electrons. The van der Waals surface area contributed by atoms with Gasteiger partial charge in [0.15, 0.2) is 0 Å². The topological polar surface area (TPSA) is 29.5 Å². The lowest BCUT2D eigenvalue weighted by atomic mass is 9.99. The predicted octanol–water partition coefficient (Wildman–Crippen LogP) is 1.28. The van der Waals surface area contributed by atoms with E-state index in [4.69, 9.17) is 4.74 Å². The van der Waals surface area contributed by atoms with Gasteiger partial charge in [-0.05, 0) is 38.8 Å². The second kappa shape index (κ2) is 5.22. The minimum absolute atomic E-state index is 0.0861. The molecule has 0 saturated carbocycles. The van der Waals surface area contributed by atoms with Crippen LogP contribution < -0.4 is 0 Å². The lowest BCUT2D eigenvalue weighted by Gasteiger charge is -2.29. The van der Waals surface area contributed by atoms with E-state index in [1.165, 1.54) is 12.8 Å². The third-order valence-electron chi connectivity index (χ3n) is 2.53. The number of esters is 1. The average molecular weight is 185 g/mol. The Hall–Kier alpha value is -0.570. The van der Waals surface area contributed by atoms with Crippen LogP contribution in [0.3, 0.4) is 0 Å². The Kier molecular flexibility index (Phi) is 4.22. The Morgan fingerprint density at radius 2 is 2.08 bits per heavy atom. The summed E-state index contributed by atoms with van der Waals surface area (Å²) in [6.07, 6.45) is 2.42. The second-order valence-electron chi connectivity index (χ2n) is 3.76. The number of hydrogen-bond acceptors (Lipinski definition) is 3. The van der Waals surface area contributed by atoms with Crippen LogP contribution in [0.25, 0.3) is 0 Å². The van der Waals surface area contributed by atoms with Crippen LogP contribution in [-0.4, -0.2) is 37.1 Å². The van der Waals surface area contributed by atoms with E-state index in [9.17, 15) is 4.79 Å². The van der Waals surface area contributed by atoms with Crippen molar-refractivity contribution in [3.05, 3.63) is 0 Å². The molecular weight excluding hydrogens is 166 g/mol. The summed E-state index contributed by atoms with van der Waals surface area (Å²) in [5.74, 6) is 0.732. The van der Waals surface area contributed by atoms with Crippen molar-refractivity contribution in [3.63, 3.8) is 0 Å². The van der Waals surface area contributed by atoms with Crippen LogP contribution >= 0.6 is 0 Å². The molecule has 1 aliphatic rings. The summed E-state index contributed by atoms with van der Waals surface area (Å²) < 4.78 is 4.89. The Balaban J connectivity index is 2.18. The molecule has 0 aromatic heterocycles. The molecule has 1 aliphatic heterocycles. The zero-order chi connectivity index (χ0) is 9.68. The van der Waals surface area contributed by atoms with E-state index in [0.717, 1.165) is 19.0 Å². The average Bonchev–Trinajstić information content (AvgIpc) is 2.09. The molecular formula is C10H19NO2. The first kappa shape index (κ1) is 10.5. The Bertz CT molecular complexity index is 162. The molecule has 0 aromatic carbocycles. The van der Waals surface area contributed by atoms with Crippen molar-refractivity contribution >= 4 is 5.97 Å². The number of ether oxygens (including phenoxy) is 1. The lowest BCUT2D eigenvalue weighted by molar-refractivity contribution is -0.144. The van der Waals surface area contributed by atoms with Gasteiger partial charge in [-0.15, -0.1) is 0 Å². The molecule has 0 aliphatic carbocycles. The normalized spacial score (nSPS) is 20.2. The molecule has 3 heteroatoms. The first-order chi connectivity index (χ1) is 6.22. The summed E-state index contributed by atoms with van der Waals surface area (Å²) in [5.41, 5.74) is 0. The summed E-state index contributed by atoms with van der Waals surface area (Å²) in [4.78, 5) is 13.3. The molecule has 13 heavy (non-hydrogen) atoms. The quantitative estimate of drug-likeness (QED) is 0.620. The number of nitrogens with zero attached hydrogens (tertiary/aromatic N) is 1. The molecule has 0 bridgehead atoms. The number of carbonyl (C=O) groups excluding carboxylic acids is 1. The van der Waals surface area contributed by atoms with Crippen molar-refractivity contribution in [2.45, 2.75) is 26.7 Å². The minimum Gasteiger partial charge on any atom is -0.465 e. The number of hydrogen-bond donors (Lipinski definition) is 0. The van der Waals surface area contributed by atoms with Crippen molar-refractivity contribution in [3.8, 4) is 0 Å². The van der Waals surface area contributed by atoms with Crippen LogP contribution in [0.5, 0.6) is 0 Å². The minimum atomic E-state index is -0.0861. The van der Waals surface area contributed by atoms with Crippen LogP contribution in [0.2, 0.25) is 0 Å². The van der Waals surface area contributed by atoms with Gasteiger partial charge >= 0.3 is 5.97 Å². The van der Waals surface area contributed by atoms with Crippen LogP contribution in [0, 0.1) is 5.92 Å². The fraction of sp³-hybridized carbons (Fsp3) is 0.900. The van der Waals surface area contributed by atoms with Crippen LogP contribution in [0.4, 0.5) is 0 Å². The fourth-order valence-corrected chi connectivity index (χ4v) is 1.61. The van der Waals surface area contributed by atoms with E-state index in [0.29, 0.717) is 13.2 Å². The van der Waals surface area contributed by atoms with E-state index >= 15 is 0 Å². The van der Waals surface area contributed by atoms with Gasteiger partial charge in [0.2, 0.25) is 0 Å². The largest absolute Gasteiger partial charge is 0.465 e. The molecule has 1 heterocycles. The number of rotatable bonds is 3. The summed E-state index contributed by atoms with van der Waals surface area (Å²) >= 11 is 0. The van der Waals surface area contributed by atoms with Crippen molar-refractivity contribution in [1.82, 2.24) is 4.90 Å². The summed E-state index contributed by atoms with van der Waals surface area (Å²) in [6.45, 7) is 7.15. The van der Waals surface area contributed by atoms with Crippen LogP contribution in [-0.2, 0) is 9.53 Å². The molecule has 0 spiro atoms. The molecule has 0 atom stereocenters. The molecule has 0 amide bonds. The van der Waals surface area contributed by atoms with Crippen molar-refractivity contribution in [1.29, 1.82) is 0 Å². The SMILES string of the molecule is CCOC(=O)CN1CCC(C)CC1. The number of carbonyl (C=O) groups is 1. The zero-order valence-corrected chi connectivity index (χ0v) is 8.58. The van der Waals surface area contributed by atoms with Crippen LogP contribution in [0.15, 0.2) is 0 Å². The first-order valence-corrected chi connectivity index (χ1v) is 5.10. The number of piperidine rings is 1. The maximum absolute atomic E-state index is 11.1. The van der Waals surface area contributed by atoms with Crippen LogP contribution in [0.1, 0.15) is 26.7 Å². The van der Waals surface area contributed by atoms with Gasteiger partial charge in [0.05, 0.1) is 13.2 Å². The maximum atomic E-state index is 11.1. The Labute approximate surface area is 80.1 Å². The zero-order valence-electron chi connectivity index (χ0n) is 8.58. The van der Waals surface area contributed by atoms with E-state index in [1.807, 2.05) is 6.92 Å². The molecule has 0 radical (unpaired) electrons. The van der Waals surface area contributed by atoms with Gasteiger partial charge in [-0.1, -0.05) is 6.92 Å². The van der Waals surface area contributed by atoms with Gasteiger partial charge in [-0.2, -0.15) is 0 Å². The van der Waals surface area contributed by atoms with Crippen molar-refractivity contribution in [2.24, 2.45) is 5.92 Å². The van der Waals surface area contributed by atoms with Crippen molar-refractivity contribution in [2.75, 3.05) is 26.2 Å². The van der Waals surface area contributed by atoms with E-state index < -0.39 is 0 Å². The summed E-state index contributed by atoms with van der Waals surface area (Å²) in [6, 6.07) is 0. The Morgan fingerprint density at radius 1 is 1.46 bits per heavy atom. The summed E-state index contributed by atoms with van der Waals surface area (Å²) in [5, 5.41) is 0. The number of likely N-dealkylation sites (tertiary alicyclic amines) is 1. The highest BCUT2D eigenvalue weighted by molar-refractivity contribution is 5.71. The second-order valence-corrected chi connectivity index (χ2v) is 3.76. The molecule has 0 N–H and O–H groups in total. The molecule has 1 saturated heterocycles. The van der Waals surface area contributed by atoms with Crippen molar-refractivity contribution < 1.29 is 9.53 Å². The smallest absolute Gasteiger partial charge is 0.320 e. The first-order valence-electron chi connectivity index (χ1n) is 5.10. The molecule has 1 rings (SSSR count). The van der Waals surface area contributed by atoms with E-state index in [2.05, 4.69) is 11.8 Å². The van der Waals surface area contributed by atoms with Gasteiger partial charge in [0.25, 0.3) is 0 Å². The molecule has 0 unspecified atom stereocenters. The molecule has 3 nitrogen and oxygen atoms in total. The highest BCUT2D eigenvalue weighted by Gasteiger charge is 2.17. The highest BCUT2D eigenvalue weighted by Crippen LogP contribution is 2.15. The summed E-state index contributed by atoms with van der Waals surface area (Å²) in [7, 11) is 0. The maximum Gasteiger partial charge on any atom is 0.320 e. The highest BCUT2D eigenvalue weighted by atomic mass is 16.5. The predicted molar refractivity (Wildman–Crippen MR) is 51.5 cm³/mol. The van der Waals surface area contributed by atoms with Gasteiger partial charge in [-0.25, -0.2) is 0 Å². The lowest BCUT2D eigenvalue weighted by Crippen LogP contribution is -2.37. The Morgan fingerprint density at radius 3 is 2.62 bits per heavy atom. The standard InChI is InChI=1S/C10H19NO2/c1-3-13-10(12)8-11-6-4-9(2)5-7-11/h9H,3-8H2,1-2H3. The van der Waals surface area contributed by atoms with Gasteiger partial charge in [0, 0.05) is 0 Å². The third-order valence-corrected chi connectivity index (χ3v) is 2.53. The molecule has 1 fully saturated rings. The third kappa shape index (κ3) is 3.77. The van der Waals surface area contributed by atoms with Gasteiger partial charge < -0.3 is 4.74 Å².